The summed E-state index contributed by atoms with van der Waals surface area (Å²) < 4.78 is 7.50. The Morgan fingerprint density at radius 1 is 1.17 bits per heavy atom. The minimum atomic E-state index is -0.787. The third-order valence-corrected chi connectivity index (χ3v) is 7.68. The fraction of sp³-hybridized carbons (Fsp3) is 0.565. The van der Waals surface area contributed by atoms with Gasteiger partial charge in [-0.3, -0.25) is 0 Å². The van der Waals surface area contributed by atoms with Crippen LogP contribution in [0.1, 0.15) is 72.8 Å². The highest BCUT2D eigenvalue weighted by molar-refractivity contribution is 7.15. The standard InChI is InChI=1S/C23H31N3O2S/c1-6-17(7-2)18-13-15(4)25-26-20(16(5)24-22(18)26)21-14(3)12-19(29-21)23(27)8-10-28-11-9-23/h12-13,17,27H,6-11H2,1-5H3. The van der Waals surface area contributed by atoms with Gasteiger partial charge in [0.15, 0.2) is 5.65 Å². The molecule has 0 amide bonds. The van der Waals surface area contributed by atoms with Gasteiger partial charge in [0.05, 0.1) is 16.3 Å². The largest absolute Gasteiger partial charge is 0.384 e. The highest BCUT2D eigenvalue weighted by Gasteiger charge is 2.34. The lowest BCUT2D eigenvalue weighted by molar-refractivity contribution is -0.0656. The highest BCUT2D eigenvalue weighted by atomic mass is 32.1. The van der Waals surface area contributed by atoms with Crippen molar-refractivity contribution in [3.05, 3.63) is 39.5 Å². The fourth-order valence-electron chi connectivity index (χ4n) is 4.47. The second kappa shape index (κ2) is 7.82. The summed E-state index contributed by atoms with van der Waals surface area (Å²) in [6, 6.07) is 4.34. The molecule has 29 heavy (non-hydrogen) atoms. The molecular formula is C23H31N3O2S. The van der Waals surface area contributed by atoms with E-state index in [2.05, 4.69) is 46.8 Å². The topological polar surface area (TPSA) is 59.7 Å². The van der Waals surface area contributed by atoms with Crippen LogP contribution in [-0.4, -0.2) is 32.9 Å². The summed E-state index contributed by atoms with van der Waals surface area (Å²) in [5.41, 5.74) is 5.69. The molecule has 0 unspecified atom stereocenters. The number of aryl methyl sites for hydroxylation is 3. The smallest absolute Gasteiger partial charge is 0.158 e. The maximum absolute atomic E-state index is 11.2. The molecule has 0 aliphatic carbocycles. The van der Waals surface area contributed by atoms with Crippen LogP contribution in [-0.2, 0) is 10.3 Å². The lowest BCUT2D eigenvalue weighted by Gasteiger charge is -2.31. The van der Waals surface area contributed by atoms with Gasteiger partial charge in [0.25, 0.3) is 0 Å². The fourth-order valence-corrected chi connectivity index (χ4v) is 5.87. The van der Waals surface area contributed by atoms with Crippen molar-refractivity contribution in [2.75, 3.05) is 13.2 Å². The Morgan fingerprint density at radius 2 is 1.86 bits per heavy atom. The zero-order valence-electron chi connectivity index (χ0n) is 18.1. The van der Waals surface area contributed by atoms with E-state index in [1.165, 1.54) is 11.1 Å². The average Bonchev–Trinajstić information content (AvgIpc) is 3.23. The van der Waals surface area contributed by atoms with Crippen LogP contribution in [0, 0.1) is 20.8 Å². The van der Waals surface area contributed by atoms with Crippen molar-refractivity contribution in [3.63, 3.8) is 0 Å². The second-order valence-corrected chi connectivity index (χ2v) is 9.35. The highest BCUT2D eigenvalue weighted by Crippen LogP contribution is 2.43. The van der Waals surface area contributed by atoms with Crippen molar-refractivity contribution >= 4 is 17.0 Å². The molecule has 5 nitrogen and oxygen atoms in total. The number of hydrogen-bond acceptors (Lipinski definition) is 5. The van der Waals surface area contributed by atoms with Gasteiger partial charge in [-0.2, -0.15) is 5.10 Å². The van der Waals surface area contributed by atoms with E-state index in [4.69, 9.17) is 14.8 Å². The first-order valence-corrected chi connectivity index (χ1v) is 11.5. The van der Waals surface area contributed by atoms with Crippen molar-refractivity contribution in [1.29, 1.82) is 0 Å². The molecule has 4 heterocycles. The van der Waals surface area contributed by atoms with Crippen LogP contribution in [0.15, 0.2) is 12.1 Å². The number of hydrogen-bond donors (Lipinski definition) is 1. The van der Waals surface area contributed by atoms with Crippen LogP contribution in [0.2, 0.25) is 0 Å². The number of rotatable bonds is 5. The molecular weight excluding hydrogens is 382 g/mol. The van der Waals surface area contributed by atoms with Gasteiger partial charge < -0.3 is 9.84 Å². The number of imidazole rings is 1. The summed E-state index contributed by atoms with van der Waals surface area (Å²) in [5.74, 6) is 0.483. The van der Waals surface area contributed by atoms with E-state index in [1.54, 1.807) is 11.3 Å². The molecule has 6 heteroatoms. The Bertz CT molecular complexity index is 1030. The van der Waals surface area contributed by atoms with Crippen molar-refractivity contribution in [2.45, 2.75) is 71.8 Å². The maximum atomic E-state index is 11.2. The minimum absolute atomic E-state index is 0.483. The summed E-state index contributed by atoms with van der Waals surface area (Å²) in [6.07, 6.45) is 3.48. The maximum Gasteiger partial charge on any atom is 0.158 e. The van der Waals surface area contributed by atoms with Crippen LogP contribution in [0.5, 0.6) is 0 Å². The van der Waals surface area contributed by atoms with E-state index < -0.39 is 5.60 Å². The predicted molar refractivity (Wildman–Crippen MR) is 118 cm³/mol. The first-order valence-electron chi connectivity index (χ1n) is 10.7. The van der Waals surface area contributed by atoms with Gasteiger partial charge in [-0.1, -0.05) is 13.8 Å². The van der Waals surface area contributed by atoms with Crippen LogP contribution in [0.25, 0.3) is 16.2 Å². The molecule has 1 N–H and O–H groups in total. The van der Waals surface area contributed by atoms with Crippen LogP contribution in [0.4, 0.5) is 0 Å². The van der Waals surface area contributed by atoms with Crippen LogP contribution >= 0.6 is 11.3 Å². The molecule has 1 aliphatic rings. The summed E-state index contributed by atoms with van der Waals surface area (Å²) >= 11 is 1.68. The second-order valence-electron chi connectivity index (χ2n) is 8.30. The number of fused-ring (bicyclic) bond motifs is 1. The number of aliphatic hydroxyl groups is 1. The van der Waals surface area contributed by atoms with E-state index in [0.29, 0.717) is 32.0 Å². The Kier molecular flexibility index (Phi) is 5.53. The molecule has 3 aromatic rings. The van der Waals surface area contributed by atoms with E-state index in [9.17, 15) is 5.11 Å². The van der Waals surface area contributed by atoms with Crippen molar-refractivity contribution < 1.29 is 9.84 Å². The van der Waals surface area contributed by atoms with Gasteiger partial charge in [-0.15, -0.1) is 11.3 Å². The quantitative estimate of drug-likeness (QED) is 0.618. The number of ether oxygens (including phenoxy) is 1. The lowest BCUT2D eigenvalue weighted by atomic mass is 9.92. The third-order valence-electron chi connectivity index (χ3n) is 6.25. The first kappa shape index (κ1) is 20.5. The lowest BCUT2D eigenvalue weighted by Crippen LogP contribution is -2.32. The molecule has 0 saturated carbocycles. The Hall–Kier alpha value is -1.76. The SMILES string of the molecule is CCC(CC)c1cc(C)nn2c(-c3sc(C4(O)CCOCC4)cc3C)c(C)nc12. The number of aromatic nitrogens is 3. The minimum Gasteiger partial charge on any atom is -0.384 e. The van der Waals surface area contributed by atoms with Gasteiger partial charge in [0.1, 0.15) is 11.3 Å². The number of nitrogens with zero attached hydrogens (tertiary/aromatic N) is 3. The van der Waals surface area contributed by atoms with Gasteiger partial charge >= 0.3 is 0 Å². The Morgan fingerprint density at radius 3 is 2.52 bits per heavy atom. The third kappa shape index (κ3) is 3.51. The van der Waals surface area contributed by atoms with Gasteiger partial charge in [0, 0.05) is 36.5 Å². The summed E-state index contributed by atoms with van der Waals surface area (Å²) in [4.78, 5) is 7.13. The zero-order valence-corrected chi connectivity index (χ0v) is 18.9. The molecule has 0 atom stereocenters. The molecule has 1 fully saturated rings. The van der Waals surface area contributed by atoms with Gasteiger partial charge in [0.2, 0.25) is 0 Å². The van der Waals surface area contributed by atoms with E-state index >= 15 is 0 Å². The van der Waals surface area contributed by atoms with Crippen LogP contribution < -0.4 is 0 Å². The van der Waals surface area contributed by atoms with Crippen molar-refractivity contribution in [2.24, 2.45) is 0 Å². The van der Waals surface area contributed by atoms with Gasteiger partial charge in [-0.25, -0.2) is 9.50 Å². The monoisotopic (exact) mass is 413 g/mol. The molecule has 0 radical (unpaired) electrons. The summed E-state index contributed by atoms with van der Waals surface area (Å²) in [7, 11) is 0. The molecule has 0 aromatic carbocycles. The molecule has 4 rings (SSSR count). The van der Waals surface area contributed by atoms with E-state index in [1.807, 2.05) is 4.52 Å². The summed E-state index contributed by atoms with van der Waals surface area (Å²) in [5, 5.41) is 16.0. The van der Waals surface area contributed by atoms with Gasteiger partial charge in [-0.05, 0) is 57.2 Å². The molecule has 1 saturated heterocycles. The number of thiophene rings is 1. The molecule has 1 aliphatic heterocycles. The predicted octanol–water partition coefficient (Wildman–Crippen LogP) is 5.28. The first-order chi connectivity index (χ1) is 13.9. The van der Waals surface area contributed by atoms with E-state index in [0.717, 1.165) is 45.3 Å². The Balaban J connectivity index is 1.88. The Labute approximate surface area is 176 Å². The molecule has 3 aromatic heterocycles. The molecule has 156 valence electrons. The zero-order chi connectivity index (χ0) is 20.8. The summed E-state index contributed by atoms with van der Waals surface area (Å²) in [6.45, 7) is 11.9. The van der Waals surface area contributed by atoms with Crippen LogP contribution in [0.3, 0.4) is 0 Å². The van der Waals surface area contributed by atoms with Crippen molar-refractivity contribution in [1.82, 2.24) is 14.6 Å². The van der Waals surface area contributed by atoms with Crippen molar-refractivity contribution in [3.8, 4) is 10.6 Å². The van der Waals surface area contributed by atoms with E-state index in [-0.39, 0.29) is 0 Å². The molecule has 0 spiro atoms. The normalized spacial score (nSPS) is 16.8. The average molecular weight is 414 g/mol. The molecule has 0 bridgehead atoms.